The van der Waals surface area contributed by atoms with Gasteiger partial charge in [-0.25, -0.2) is 0 Å². The Morgan fingerprint density at radius 3 is 2.50 bits per heavy atom. The van der Waals surface area contributed by atoms with Crippen molar-refractivity contribution >= 4 is 18.6 Å². The van der Waals surface area contributed by atoms with Gasteiger partial charge in [0.1, 0.15) is 6.04 Å². The van der Waals surface area contributed by atoms with Crippen LogP contribution in [0.15, 0.2) is 0 Å². The van der Waals surface area contributed by atoms with Gasteiger partial charge in [-0.3, -0.25) is 4.79 Å². The maximum Gasteiger partial charge on any atom is 0.320 e. The van der Waals surface area contributed by atoms with Crippen molar-refractivity contribution in [3.05, 3.63) is 0 Å². The van der Waals surface area contributed by atoms with Gasteiger partial charge in [-0.15, -0.1) is 0 Å². The highest BCUT2D eigenvalue weighted by Gasteiger charge is 2.08. The van der Waals surface area contributed by atoms with Crippen molar-refractivity contribution in [1.82, 2.24) is 0 Å². The number of nitrogens with two attached hydrogens (primary N) is 1. The molecule has 0 rings (SSSR count). The van der Waals surface area contributed by atoms with Crippen LogP contribution in [0.25, 0.3) is 0 Å². The normalized spacial score (nSPS) is 13.2. The molecule has 0 aromatic rings. The molecule has 0 unspecified atom stereocenters. The molecular formula is C4H9NO2S. The molecular weight excluding hydrogens is 128 g/mol. The average molecular weight is 137 g/mol. The molecule has 3 N–H and O–H groups in total. The van der Waals surface area contributed by atoms with Crippen molar-refractivity contribution in [2.24, 2.45) is 5.73 Å². The highest BCUT2D eigenvalue weighted by molar-refractivity contribution is 7.80. The van der Waals surface area contributed by atoms with Gasteiger partial charge in [-0.2, -0.15) is 12.6 Å². The fourth-order valence-electron chi connectivity index (χ4n) is 0.263. The zero-order chi connectivity index (χ0) is 6.57. The highest BCUT2D eigenvalue weighted by Crippen LogP contribution is 1.88. The predicted octanol–water partition coefficient (Wildman–Crippen LogP) is -0.282. The van der Waals surface area contributed by atoms with E-state index in [1.165, 1.54) is 0 Å². The van der Waals surface area contributed by atoms with E-state index in [9.17, 15) is 4.79 Å². The summed E-state index contributed by atoms with van der Waals surface area (Å²) in [4.78, 5) is 9.93. The Hall–Kier alpha value is -0.220. The third-order valence-corrected chi connectivity index (χ3v) is 1.02. The van der Waals surface area contributed by atoms with Crippen LogP contribution in [-0.2, 0) is 4.79 Å². The van der Waals surface area contributed by atoms with E-state index in [4.69, 9.17) is 10.8 Å². The quantitative estimate of drug-likeness (QED) is 0.469. The molecule has 0 amide bonds. The second-order valence-corrected chi connectivity index (χ2v) is 1.90. The lowest BCUT2D eigenvalue weighted by Crippen LogP contribution is -2.30. The van der Waals surface area contributed by atoms with Crippen LogP contribution in [0, 0.1) is 0 Å². The van der Waals surface area contributed by atoms with E-state index in [0.717, 1.165) is 0 Å². The summed E-state index contributed by atoms with van der Waals surface area (Å²) in [5.74, 6) is -0.438. The molecule has 0 saturated heterocycles. The molecule has 0 aliphatic carbocycles. The lowest BCUT2D eigenvalue weighted by atomic mass is 10.7. The first-order valence-electron chi connectivity index (χ1n) is 2.27. The number of carbonyl (C=O) groups is 1. The summed E-state index contributed by atoms with van der Waals surface area (Å²) in [6.07, 6.45) is 0.429. The number of aliphatic carboxylic acids is 1. The van der Waals surface area contributed by atoms with Crippen LogP contribution in [0.2, 0.25) is 0 Å². The van der Waals surface area contributed by atoms with E-state index in [1.807, 2.05) is 0 Å². The van der Waals surface area contributed by atoms with Gasteiger partial charge in [0.25, 0.3) is 0 Å². The molecule has 0 bridgehead atoms. The van der Waals surface area contributed by atoms with Crippen LogP contribution in [-0.4, -0.2) is 22.9 Å². The Morgan fingerprint density at radius 1 is 1.88 bits per heavy atom. The first-order chi connectivity index (χ1) is 3.68. The van der Waals surface area contributed by atoms with Crippen LogP contribution >= 0.6 is 12.6 Å². The maximum atomic E-state index is 9.93. The van der Waals surface area contributed by atoms with E-state index < -0.39 is 12.0 Å². The molecule has 0 radical (unpaired) electrons. The van der Waals surface area contributed by atoms with Gasteiger partial charge < -0.3 is 10.8 Å². The molecule has 1 atom stereocenters. The number of carboxylic acids is 1. The van der Waals surface area contributed by atoms with Crippen LogP contribution < -0.4 is 5.73 Å². The number of hydrogen-bond donors (Lipinski definition) is 3. The first-order valence-corrected chi connectivity index (χ1v) is 2.91. The third-order valence-electron chi connectivity index (χ3n) is 0.757. The summed E-state index contributed by atoms with van der Waals surface area (Å²) in [5.41, 5.74) is 5.08. The molecule has 0 spiro atoms. The fourth-order valence-corrected chi connectivity index (χ4v) is 0.541. The van der Waals surface area contributed by atoms with E-state index >= 15 is 0 Å². The van der Waals surface area contributed by atoms with E-state index in [-0.39, 0.29) is 0 Å². The summed E-state index contributed by atoms with van der Waals surface area (Å²) in [5, 5.41) is 8.15. The highest BCUT2D eigenvalue weighted by atomic mass is 32.1. The summed E-state index contributed by atoms with van der Waals surface area (Å²) in [6, 6.07) is -0.743. The van der Waals surface area contributed by atoms with Gasteiger partial charge in [-0.1, -0.05) is 0 Å². The van der Waals surface area contributed by atoms with E-state index in [0.29, 0.717) is 12.2 Å². The Labute approximate surface area is 53.3 Å². The Kier molecular flexibility index (Phi) is 3.64. The molecule has 0 aliphatic heterocycles. The fraction of sp³-hybridized carbons (Fsp3) is 0.750. The average Bonchev–Trinajstić information content (AvgIpc) is 1.67. The van der Waals surface area contributed by atoms with Crippen LogP contribution in [0.3, 0.4) is 0 Å². The molecule has 0 heterocycles. The molecule has 0 aromatic heterocycles. The Morgan fingerprint density at radius 2 is 2.38 bits per heavy atom. The Balaban J connectivity index is 3.32. The smallest absolute Gasteiger partial charge is 0.320 e. The number of thiol groups is 1. The van der Waals surface area contributed by atoms with Gasteiger partial charge in [0, 0.05) is 0 Å². The van der Waals surface area contributed by atoms with E-state index in [1.54, 1.807) is 0 Å². The van der Waals surface area contributed by atoms with Crippen molar-refractivity contribution < 1.29 is 9.90 Å². The third kappa shape index (κ3) is 2.87. The second-order valence-electron chi connectivity index (χ2n) is 1.46. The maximum absolute atomic E-state index is 9.93. The molecule has 0 aliphatic rings. The first kappa shape index (κ1) is 7.78. The lowest BCUT2D eigenvalue weighted by molar-refractivity contribution is -0.138. The molecule has 4 heteroatoms. The number of rotatable bonds is 3. The minimum absolute atomic E-state index is 0.429. The SMILES string of the molecule is N[14C@@H](CCS)C(=O)O. The zero-order valence-corrected chi connectivity index (χ0v) is 5.27. The van der Waals surface area contributed by atoms with Crippen LogP contribution in [0.4, 0.5) is 0 Å². The molecule has 0 aromatic carbocycles. The monoisotopic (exact) mass is 137 g/mol. The van der Waals surface area contributed by atoms with Gasteiger partial charge in [0.15, 0.2) is 0 Å². The van der Waals surface area contributed by atoms with Crippen molar-refractivity contribution in [2.75, 3.05) is 5.75 Å². The molecule has 8 heavy (non-hydrogen) atoms. The number of carboxylic acid groups (broad SMARTS) is 1. The number of hydrogen-bond acceptors (Lipinski definition) is 3. The van der Waals surface area contributed by atoms with Gasteiger partial charge in [0.2, 0.25) is 0 Å². The molecule has 0 fully saturated rings. The van der Waals surface area contributed by atoms with Crippen molar-refractivity contribution in [2.45, 2.75) is 12.5 Å². The molecule has 3 nitrogen and oxygen atoms in total. The van der Waals surface area contributed by atoms with Crippen molar-refractivity contribution in [3.63, 3.8) is 0 Å². The molecule has 0 saturated carbocycles. The summed E-state index contributed by atoms with van der Waals surface area (Å²) < 4.78 is 0. The van der Waals surface area contributed by atoms with Crippen LogP contribution in [0.1, 0.15) is 6.42 Å². The van der Waals surface area contributed by atoms with Crippen molar-refractivity contribution in [3.8, 4) is 0 Å². The summed E-state index contributed by atoms with van der Waals surface area (Å²) in [7, 11) is 0. The molecule has 48 valence electrons. The van der Waals surface area contributed by atoms with Crippen molar-refractivity contribution in [1.29, 1.82) is 0 Å². The van der Waals surface area contributed by atoms with Gasteiger partial charge in [-0.05, 0) is 12.2 Å². The van der Waals surface area contributed by atoms with Gasteiger partial charge >= 0.3 is 5.97 Å². The topological polar surface area (TPSA) is 63.3 Å². The minimum atomic E-state index is -0.959. The Bertz CT molecular complexity index is 86.1. The summed E-state index contributed by atoms with van der Waals surface area (Å²) >= 11 is 3.81. The minimum Gasteiger partial charge on any atom is -0.480 e. The lowest BCUT2D eigenvalue weighted by Gasteiger charge is -2.00. The van der Waals surface area contributed by atoms with E-state index in [2.05, 4.69) is 12.6 Å². The standard InChI is InChI=1S/C4H9NO2S/c5-3(1-2-8)4(6)7/h3,8H,1-2,5H2,(H,6,7)/t3-/m0/s1/i3+2. The zero-order valence-electron chi connectivity index (χ0n) is 4.37. The largest absolute Gasteiger partial charge is 0.480 e. The van der Waals surface area contributed by atoms with Crippen LogP contribution in [0.5, 0.6) is 0 Å². The predicted molar refractivity (Wildman–Crippen MR) is 34.1 cm³/mol. The second kappa shape index (κ2) is 3.74. The van der Waals surface area contributed by atoms with Gasteiger partial charge in [0.05, 0.1) is 0 Å². The summed E-state index contributed by atoms with van der Waals surface area (Å²) in [6.45, 7) is 0.